The first kappa shape index (κ1) is 33.0. The number of aliphatic carboxylic acids is 1. The molecular formula is C32H41N5O6. The summed E-state index contributed by atoms with van der Waals surface area (Å²) in [4.78, 5) is 43.1. The maximum atomic E-state index is 13.7. The van der Waals surface area contributed by atoms with E-state index in [0.29, 0.717) is 73.6 Å². The fourth-order valence-electron chi connectivity index (χ4n) is 4.91. The van der Waals surface area contributed by atoms with Gasteiger partial charge in [0.15, 0.2) is 17.2 Å². The second kappa shape index (κ2) is 14.6. The van der Waals surface area contributed by atoms with Crippen molar-refractivity contribution in [2.24, 2.45) is 0 Å². The highest BCUT2D eigenvalue weighted by Gasteiger charge is 2.32. The van der Waals surface area contributed by atoms with Crippen LogP contribution in [-0.4, -0.2) is 65.3 Å². The number of ether oxygens (including phenoxy) is 2. The van der Waals surface area contributed by atoms with Crippen molar-refractivity contribution < 1.29 is 29.0 Å². The van der Waals surface area contributed by atoms with E-state index in [4.69, 9.17) is 25.3 Å². The fraction of sp³-hybridized carbons (Fsp3) is 0.500. The van der Waals surface area contributed by atoms with Crippen LogP contribution in [0.25, 0.3) is 0 Å². The molecule has 3 N–H and O–H groups in total. The zero-order valence-corrected chi connectivity index (χ0v) is 25.6. The third kappa shape index (κ3) is 8.31. The Hall–Kier alpha value is -4.46. The Morgan fingerprint density at radius 3 is 2.53 bits per heavy atom. The minimum atomic E-state index is -0.845. The zero-order chi connectivity index (χ0) is 31.7. The normalized spacial score (nSPS) is 12.5. The molecule has 0 saturated heterocycles. The molecule has 1 aliphatic heterocycles. The monoisotopic (exact) mass is 591 g/mol. The standard InChI is InChI=1S/C32H41N5O6/c1-6-42-25-17-22-18-37(30(34)27(22)36-28(25)31(41)35-5)19-24(38)21-15-20(11-7-9-13-33)29(23(16-21)32(2,3)4)43-14-10-8-12-26(39)40/h15-17,34H,6-12,14,18-19H2,1-5H3,(H,35,41)(H,39,40). The van der Waals surface area contributed by atoms with E-state index >= 15 is 0 Å². The number of fused-ring (bicyclic) bond motifs is 1. The Kier molecular flexibility index (Phi) is 11.2. The summed E-state index contributed by atoms with van der Waals surface area (Å²) in [7, 11) is 1.50. The molecule has 3 rings (SSSR count). The lowest BCUT2D eigenvalue weighted by atomic mass is 9.82. The van der Waals surface area contributed by atoms with Gasteiger partial charge in [0.2, 0.25) is 0 Å². The van der Waals surface area contributed by atoms with Crippen molar-refractivity contribution >= 4 is 23.5 Å². The van der Waals surface area contributed by atoms with Gasteiger partial charge in [0.05, 0.1) is 25.8 Å². The van der Waals surface area contributed by atoms with Gasteiger partial charge in [0.1, 0.15) is 17.3 Å². The van der Waals surface area contributed by atoms with E-state index in [9.17, 15) is 14.4 Å². The maximum absolute atomic E-state index is 13.7. The molecule has 43 heavy (non-hydrogen) atoms. The number of pyridine rings is 1. The zero-order valence-electron chi connectivity index (χ0n) is 25.6. The van der Waals surface area contributed by atoms with Gasteiger partial charge in [-0.1, -0.05) is 20.8 Å². The van der Waals surface area contributed by atoms with Crippen LogP contribution in [0.2, 0.25) is 0 Å². The van der Waals surface area contributed by atoms with Crippen LogP contribution < -0.4 is 14.8 Å². The van der Waals surface area contributed by atoms with Crippen LogP contribution in [0.15, 0.2) is 18.2 Å². The lowest BCUT2D eigenvalue weighted by Gasteiger charge is -2.26. The van der Waals surface area contributed by atoms with Crippen LogP contribution in [0, 0.1) is 16.7 Å². The lowest BCUT2D eigenvalue weighted by molar-refractivity contribution is -0.137. The molecule has 0 fully saturated rings. The third-order valence-electron chi connectivity index (χ3n) is 7.11. The number of hydrogen-bond acceptors (Lipinski definition) is 8. The van der Waals surface area contributed by atoms with Gasteiger partial charge >= 0.3 is 5.97 Å². The van der Waals surface area contributed by atoms with E-state index < -0.39 is 11.9 Å². The average molecular weight is 592 g/mol. The molecule has 0 aliphatic carbocycles. The van der Waals surface area contributed by atoms with E-state index in [-0.39, 0.29) is 42.2 Å². The summed E-state index contributed by atoms with van der Waals surface area (Å²) in [5, 5.41) is 29.3. The fourth-order valence-corrected chi connectivity index (χ4v) is 4.91. The number of ketones is 1. The van der Waals surface area contributed by atoms with Crippen molar-refractivity contribution in [2.75, 3.05) is 26.8 Å². The van der Waals surface area contributed by atoms with E-state index in [0.717, 1.165) is 11.1 Å². The molecule has 2 aromatic rings. The largest absolute Gasteiger partial charge is 0.493 e. The van der Waals surface area contributed by atoms with Crippen molar-refractivity contribution in [3.63, 3.8) is 0 Å². The molecule has 0 atom stereocenters. The van der Waals surface area contributed by atoms with Crippen molar-refractivity contribution in [1.29, 1.82) is 10.7 Å². The Morgan fingerprint density at radius 2 is 1.91 bits per heavy atom. The average Bonchev–Trinajstić information content (AvgIpc) is 3.25. The highest BCUT2D eigenvalue weighted by atomic mass is 16.5. The number of carboxylic acid groups (broad SMARTS) is 1. The number of aromatic nitrogens is 1. The molecule has 1 aliphatic rings. The molecule has 230 valence electrons. The number of nitrogens with zero attached hydrogens (tertiary/aromatic N) is 3. The van der Waals surface area contributed by atoms with Gasteiger partial charge in [-0.15, -0.1) is 0 Å². The minimum absolute atomic E-state index is 0.0585. The highest BCUT2D eigenvalue weighted by Crippen LogP contribution is 2.37. The highest BCUT2D eigenvalue weighted by molar-refractivity contribution is 6.05. The molecule has 11 heteroatoms. The van der Waals surface area contributed by atoms with Crippen LogP contribution in [0.3, 0.4) is 0 Å². The van der Waals surface area contributed by atoms with Gasteiger partial charge in [-0.2, -0.15) is 5.26 Å². The molecule has 0 radical (unpaired) electrons. The molecule has 1 amide bonds. The molecular weight excluding hydrogens is 550 g/mol. The number of rotatable bonds is 15. The number of hydrogen-bond donors (Lipinski definition) is 3. The van der Waals surface area contributed by atoms with Gasteiger partial charge in [-0.05, 0) is 61.8 Å². The summed E-state index contributed by atoms with van der Waals surface area (Å²) in [6.45, 7) is 8.81. The Bertz CT molecular complexity index is 1420. The molecule has 1 aromatic carbocycles. The second-order valence-corrected chi connectivity index (χ2v) is 11.5. The van der Waals surface area contributed by atoms with Gasteiger partial charge in [0, 0.05) is 43.1 Å². The second-order valence-electron chi connectivity index (χ2n) is 11.5. The van der Waals surface area contributed by atoms with E-state index in [1.807, 2.05) is 39.8 Å². The maximum Gasteiger partial charge on any atom is 0.303 e. The van der Waals surface area contributed by atoms with Crippen LogP contribution in [0.5, 0.6) is 11.5 Å². The van der Waals surface area contributed by atoms with Crippen LogP contribution in [0.1, 0.15) is 103 Å². The number of amides is 1. The Morgan fingerprint density at radius 1 is 1.16 bits per heavy atom. The first-order chi connectivity index (χ1) is 20.4. The van der Waals surface area contributed by atoms with Crippen LogP contribution in [-0.2, 0) is 23.2 Å². The van der Waals surface area contributed by atoms with Crippen LogP contribution >= 0.6 is 0 Å². The van der Waals surface area contributed by atoms with Crippen molar-refractivity contribution in [1.82, 2.24) is 15.2 Å². The summed E-state index contributed by atoms with van der Waals surface area (Å²) in [6, 6.07) is 7.52. The number of aryl methyl sites for hydroxylation is 1. The number of nitrogens with one attached hydrogen (secondary N) is 2. The predicted octanol–water partition coefficient (Wildman–Crippen LogP) is 4.64. The predicted molar refractivity (Wildman–Crippen MR) is 161 cm³/mol. The van der Waals surface area contributed by atoms with E-state index in [1.165, 1.54) is 7.05 Å². The summed E-state index contributed by atoms with van der Waals surface area (Å²) in [5.41, 5.74) is 2.92. The number of carbonyl (C=O) groups is 3. The van der Waals surface area contributed by atoms with Crippen LogP contribution in [0.4, 0.5) is 0 Å². The first-order valence-electron chi connectivity index (χ1n) is 14.6. The molecule has 11 nitrogen and oxygen atoms in total. The molecule has 0 unspecified atom stereocenters. The van der Waals surface area contributed by atoms with Crippen molar-refractivity contribution in [3.8, 4) is 17.6 Å². The third-order valence-corrected chi connectivity index (χ3v) is 7.11. The number of nitriles is 1. The number of benzene rings is 1. The molecule has 0 spiro atoms. The van der Waals surface area contributed by atoms with Gasteiger partial charge < -0.3 is 24.8 Å². The number of carbonyl (C=O) groups excluding carboxylic acids is 2. The van der Waals surface area contributed by atoms with Gasteiger partial charge in [0.25, 0.3) is 5.91 Å². The topological polar surface area (TPSA) is 166 Å². The quantitative estimate of drug-likeness (QED) is 0.197. The minimum Gasteiger partial charge on any atom is -0.493 e. The van der Waals surface area contributed by atoms with Crippen molar-refractivity contribution in [3.05, 3.63) is 51.8 Å². The number of unbranched alkanes of at least 4 members (excludes halogenated alkanes) is 2. The lowest BCUT2D eigenvalue weighted by Crippen LogP contribution is -2.31. The Balaban J connectivity index is 1.90. The molecule has 0 bridgehead atoms. The van der Waals surface area contributed by atoms with E-state index in [2.05, 4.69) is 16.4 Å². The summed E-state index contributed by atoms with van der Waals surface area (Å²) in [6.07, 6.45) is 2.64. The van der Waals surface area contributed by atoms with E-state index in [1.54, 1.807) is 11.0 Å². The van der Waals surface area contributed by atoms with Gasteiger partial charge in [-0.3, -0.25) is 19.8 Å². The summed E-state index contributed by atoms with van der Waals surface area (Å²) < 4.78 is 11.9. The van der Waals surface area contributed by atoms with Gasteiger partial charge in [-0.25, -0.2) is 4.98 Å². The molecule has 0 saturated carbocycles. The number of carboxylic acids is 1. The molecule has 2 heterocycles. The summed E-state index contributed by atoms with van der Waals surface area (Å²) in [5.74, 6) is -0.388. The number of amidine groups is 1. The molecule has 1 aromatic heterocycles. The van der Waals surface area contributed by atoms with Crippen molar-refractivity contribution in [2.45, 2.75) is 78.2 Å². The smallest absolute Gasteiger partial charge is 0.303 e. The first-order valence-corrected chi connectivity index (χ1v) is 14.6. The SMILES string of the molecule is CCOc1cc2c(nc1C(=O)NC)C(=N)N(CC(=O)c1cc(CCCC#N)c(OCCCCC(=O)O)c(C(C)(C)C)c1)C2. The Labute approximate surface area is 252 Å². The number of Topliss-reactive ketones (excluding diaryl/α,β-unsaturated/α-hetero) is 1. The summed E-state index contributed by atoms with van der Waals surface area (Å²) >= 11 is 0.